The third-order valence-electron chi connectivity index (χ3n) is 3.41. The van der Waals surface area contributed by atoms with Gasteiger partial charge in [0.25, 0.3) is 0 Å². The summed E-state index contributed by atoms with van der Waals surface area (Å²) in [6.07, 6.45) is 2.85. The van der Waals surface area contributed by atoms with Gasteiger partial charge in [0.1, 0.15) is 5.52 Å². The maximum absolute atomic E-state index is 6.04. The molecule has 0 bridgehead atoms. The molecule has 2 aromatic rings. The van der Waals surface area contributed by atoms with E-state index in [2.05, 4.69) is 17.0 Å². The molecule has 0 radical (unpaired) electrons. The molecule has 0 saturated heterocycles. The summed E-state index contributed by atoms with van der Waals surface area (Å²) in [6.45, 7) is 4.85. The van der Waals surface area contributed by atoms with Gasteiger partial charge in [-0.2, -0.15) is 5.10 Å². The molecule has 2 aromatic heterocycles. The van der Waals surface area contributed by atoms with Gasteiger partial charge in [0.15, 0.2) is 5.65 Å². The standard InChI is InChI=1S/C14H25N5O2/c1-4-6-11-12-13(18(2)17-11)19(14(15)16-12)7-5-8-21-10-9-20-3/h4-10H2,1-3H3,(H2,15,16). The molecular formula is C14H25N5O2. The van der Waals surface area contributed by atoms with E-state index in [0.717, 1.165) is 42.7 Å². The first-order chi connectivity index (χ1) is 10.2. The summed E-state index contributed by atoms with van der Waals surface area (Å²) < 4.78 is 14.3. The van der Waals surface area contributed by atoms with Crippen molar-refractivity contribution in [3.8, 4) is 0 Å². The Morgan fingerprint density at radius 2 is 2.05 bits per heavy atom. The Kier molecular flexibility index (Phi) is 5.58. The molecule has 7 heteroatoms. The minimum Gasteiger partial charge on any atom is -0.382 e. The summed E-state index contributed by atoms with van der Waals surface area (Å²) in [5.41, 5.74) is 8.99. The summed E-state index contributed by atoms with van der Waals surface area (Å²) in [5, 5.41) is 4.54. The van der Waals surface area contributed by atoms with Crippen molar-refractivity contribution in [3.05, 3.63) is 5.69 Å². The predicted octanol–water partition coefficient (Wildman–Crippen LogP) is 1.36. The van der Waals surface area contributed by atoms with Gasteiger partial charge >= 0.3 is 0 Å². The molecule has 0 aliphatic heterocycles. The topological polar surface area (TPSA) is 80.1 Å². The van der Waals surface area contributed by atoms with Crippen LogP contribution >= 0.6 is 0 Å². The molecule has 0 amide bonds. The van der Waals surface area contributed by atoms with Crippen LogP contribution in [0.1, 0.15) is 25.5 Å². The normalized spacial score (nSPS) is 11.6. The number of aryl methyl sites for hydroxylation is 3. The number of nitrogens with two attached hydrogens (primary N) is 1. The number of hydrogen-bond acceptors (Lipinski definition) is 5. The molecule has 0 aliphatic rings. The Bertz CT molecular complexity index is 575. The van der Waals surface area contributed by atoms with E-state index >= 15 is 0 Å². The Morgan fingerprint density at radius 3 is 2.76 bits per heavy atom. The van der Waals surface area contributed by atoms with Crippen LogP contribution in [0.4, 0.5) is 5.95 Å². The van der Waals surface area contributed by atoms with Crippen LogP contribution < -0.4 is 5.73 Å². The van der Waals surface area contributed by atoms with Crippen LogP contribution in [0.3, 0.4) is 0 Å². The van der Waals surface area contributed by atoms with Gasteiger partial charge in [-0.3, -0.25) is 9.25 Å². The fourth-order valence-electron chi connectivity index (χ4n) is 2.45. The lowest BCUT2D eigenvalue weighted by Crippen LogP contribution is -2.10. The van der Waals surface area contributed by atoms with E-state index in [-0.39, 0.29) is 0 Å². The summed E-state index contributed by atoms with van der Waals surface area (Å²) in [7, 11) is 3.61. The van der Waals surface area contributed by atoms with Gasteiger partial charge in [-0.15, -0.1) is 0 Å². The number of imidazole rings is 1. The van der Waals surface area contributed by atoms with Gasteiger partial charge < -0.3 is 15.2 Å². The van der Waals surface area contributed by atoms with Crippen molar-refractivity contribution in [2.45, 2.75) is 32.7 Å². The largest absolute Gasteiger partial charge is 0.382 e. The fourth-order valence-corrected chi connectivity index (χ4v) is 2.45. The highest BCUT2D eigenvalue weighted by atomic mass is 16.5. The van der Waals surface area contributed by atoms with Gasteiger partial charge in [0.05, 0.1) is 18.9 Å². The minimum atomic E-state index is 0.548. The third kappa shape index (κ3) is 3.54. The Balaban J connectivity index is 2.04. The van der Waals surface area contributed by atoms with E-state index in [1.54, 1.807) is 7.11 Å². The zero-order valence-electron chi connectivity index (χ0n) is 13.1. The molecule has 2 N–H and O–H groups in total. The minimum absolute atomic E-state index is 0.548. The van der Waals surface area contributed by atoms with Gasteiger partial charge in [-0.25, -0.2) is 4.98 Å². The van der Waals surface area contributed by atoms with E-state index in [0.29, 0.717) is 25.8 Å². The van der Waals surface area contributed by atoms with Crippen molar-refractivity contribution >= 4 is 17.1 Å². The van der Waals surface area contributed by atoms with Crippen molar-refractivity contribution in [2.24, 2.45) is 7.05 Å². The smallest absolute Gasteiger partial charge is 0.202 e. The summed E-state index contributed by atoms with van der Waals surface area (Å²) >= 11 is 0. The summed E-state index contributed by atoms with van der Waals surface area (Å²) in [4.78, 5) is 4.48. The van der Waals surface area contributed by atoms with Crippen LogP contribution in [-0.4, -0.2) is 46.3 Å². The Morgan fingerprint density at radius 1 is 1.24 bits per heavy atom. The van der Waals surface area contributed by atoms with Crippen molar-refractivity contribution < 1.29 is 9.47 Å². The van der Waals surface area contributed by atoms with Crippen LogP contribution in [0.15, 0.2) is 0 Å². The molecule has 21 heavy (non-hydrogen) atoms. The van der Waals surface area contributed by atoms with Crippen molar-refractivity contribution in [1.29, 1.82) is 0 Å². The quantitative estimate of drug-likeness (QED) is 0.706. The van der Waals surface area contributed by atoms with E-state index in [9.17, 15) is 0 Å². The SMILES string of the molecule is CCCc1nn(C)c2c1nc(N)n2CCCOCCOC. The molecule has 118 valence electrons. The molecule has 0 atom stereocenters. The highest BCUT2D eigenvalue weighted by Gasteiger charge is 2.16. The molecule has 7 nitrogen and oxygen atoms in total. The Labute approximate surface area is 125 Å². The number of fused-ring (bicyclic) bond motifs is 1. The van der Waals surface area contributed by atoms with Crippen molar-refractivity contribution in [2.75, 3.05) is 32.7 Å². The number of ether oxygens (including phenoxy) is 2. The van der Waals surface area contributed by atoms with E-state index in [4.69, 9.17) is 15.2 Å². The zero-order chi connectivity index (χ0) is 15.2. The van der Waals surface area contributed by atoms with Crippen LogP contribution in [-0.2, 0) is 29.5 Å². The molecule has 0 unspecified atom stereocenters. The molecule has 0 aromatic carbocycles. The summed E-state index contributed by atoms with van der Waals surface area (Å²) in [6, 6.07) is 0. The van der Waals surface area contributed by atoms with Crippen LogP contribution in [0.5, 0.6) is 0 Å². The molecule has 0 aliphatic carbocycles. The number of aromatic nitrogens is 4. The molecule has 0 spiro atoms. The monoisotopic (exact) mass is 295 g/mol. The predicted molar refractivity (Wildman–Crippen MR) is 82.2 cm³/mol. The molecule has 2 rings (SSSR count). The maximum Gasteiger partial charge on any atom is 0.202 e. The number of methoxy groups -OCH3 is 1. The lowest BCUT2D eigenvalue weighted by atomic mass is 10.2. The lowest BCUT2D eigenvalue weighted by Gasteiger charge is -2.07. The third-order valence-corrected chi connectivity index (χ3v) is 3.41. The zero-order valence-corrected chi connectivity index (χ0v) is 13.1. The van der Waals surface area contributed by atoms with E-state index < -0.39 is 0 Å². The highest BCUT2D eigenvalue weighted by molar-refractivity contribution is 5.77. The summed E-state index contributed by atoms with van der Waals surface area (Å²) in [5.74, 6) is 0.548. The first kappa shape index (κ1) is 15.8. The second kappa shape index (κ2) is 7.42. The second-order valence-electron chi connectivity index (χ2n) is 5.07. The number of nitrogens with zero attached hydrogens (tertiary/aromatic N) is 4. The number of anilines is 1. The van der Waals surface area contributed by atoms with Gasteiger partial charge in [0.2, 0.25) is 5.95 Å². The maximum atomic E-state index is 6.04. The Hall–Kier alpha value is -1.60. The van der Waals surface area contributed by atoms with Crippen LogP contribution in [0.2, 0.25) is 0 Å². The number of nitrogen functional groups attached to an aromatic ring is 1. The van der Waals surface area contributed by atoms with Crippen molar-refractivity contribution in [3.63, 3.8) is 0 Å². The lowest BCUT2D eigenvalue weighted by molar-refractivity contribution is 0.0681. The molecular weight excluding hydrogens is 270 g/mol. The molecule has 0 saturated carbocycles. The van der Waals surface area contributed by atoms with E-state index in [1.807, 2.05) is 16.3 Å². The average molecular weight is 295 g/mol. The average Bonchev–Trinajstić information content (AvgIpc) is 2.93. The number of hydrogen-bond donors (Lipinski definition) is 1. The first-order valence-electron chi connectivity index (χ1n) is 7.43. The van der Waals surface area contributed by atoms with Gasteiger partial charge in [-0.1, -0.05) is 13.3 Å². The van der Waals surface area contributed by atoms with Gasteiger partial charge in [-0.05, 0) is 12.8 Å². The fraction of sp³-hybridized carbons (Fsp3) is 0.714. The first-order valence-corrected chi connectivity index (χ1v) is 7.43. The number of rotatable bonds is 9. The van der Waals surface area contributed by atoms with Gasteiger partial charge in [0, 0.05) is 27.3 Å². The highest BCUT2D eigenvalue weighted by Crippen LogP contribution is 2.22. The second-order valence-corrected chi connectivity index (χ2v) is 5.07. The molecule has 0 fully saturated rings. The van der Waals surface area contributed by atoms with Crippen molar-refractivity contribution in [1.82, 2.24) is 19.3 Å². The van der Waals surface area contributed by atoms with Crippen LogP contribution in [0.25, 0.3) is 11.2 Å². The molecule has 2 heterocycles. The van der Waals surface area contributed by atoms with Crippen LogP contribution in [0, 0.1) is 0 Å². The van der Waals surface area contributed by atoms with E-state index in [1.165, 1.54) is 0 Å².